The highest BCUT2D eigenvalue weighted by molar-refractivity contribution is 6.39. The van der Waals surface area contributed by atoms with E-state index in [1.54, 1.807) is 6.07 Å². The Morgan fingerprint density at radius 2 is 1.86 bits per heavy atom. The Labute approximate surface area is 217 Å². The largest absolute Gasteiger partial charge is 0.493 e. The second-order valence-corrected chi connectivity index (χ2v) is 9.50. The zero-order valence-corrected chi connectivity index (χ0v) is 20.9. The molecule has 0 aliphatic carbocycles. The van der Waals surface area contributed by atoms with Crippen LogP contribution in [0.3, 0.4) is 0 Å². The lowest BCUT2D eigenvalue weighted by molar-refractivity contribution is -0.139. The first-order valence-electron chi connectivity index (χ1n) is 11.5. The molecule has 1 aliphatic heterocycles. The number of nitrogens with one attached hydrogen (secondary N) is 1. The molecule has 0 radical (unpaired) electrons. The van der Waals surface area contributed by atoms with E-state index in [1.165, 1.54) is 12.1 Å². The van der Waals surface area contributed by atoms with Crippen molar-refractivity contribution in [2.24, 2.45) is 7.05 Å². The second-order valence-electron chi connectivity index (χ2n) is 8.69. The molecule has 0 saturated heterocycles. The number of nitrogens with zero attached hydrogens (tertiary/aromatic N) is 2. The highest BCUT2D eigenvalue weighted by atomic mass is 35.5. The van der Waals surface area contributed by atoms with E-state index < -0.39 is 17.9 Å². The molecule has 1 atom stereocenters. The van der Waals surface area contributed by atoms with Gasteiger partial charge in [-0.1, -0.05) is 53.5 Å². The molecule has 5 rings (SSSR count). The lowest BCUT2D eigenvalue weighted by Crippen LogP contribution is -2.42. The number of amides is 1. The van der Waals surface area contributed by atoms with Gasteiger partial charge in [-0.2, -0.15) is 5.10 Å². The number of carbonyl (C=O) groups excluding carboxylic acids is 1. The summed E-state index contributed by atoms with van der Waals surface area (Å²) in [7, 11) is 1.90. The van der Waals surface area contributed by atoms with Crippen LogP contribution in [0.15, 0.2) is 54.6 Å². The number of hydrogen-bond acceptors (Lipinski definition) is 4. The first-order valence-corrected chi connectivity index (χ1v) is 12.3. The van der Waals surface area contributed by atoms with Gasteiger partial charge in [0.2, 0.25) is 0 Å². The number of ether oxygens (including phenoxy) is 1. The Bertz CT molecular complexity index is 1480. The summed E-state index contributed by atoms with van der Waals surface area (Å²) < 4.78 is 7.95. The number of rotatable bonds is 6. The van der Waals surface area contributed by atoms with Crippen LogP contribution in [0.1, 0.15) is 27.9 Å². The molecule has 4 aromatic rings. The monoisotopic (exact) mass is 523 g/mol. The predicted molar refractivity (Wildman–Crippen MR) is 139 cm³/mol. The second kappa shape index (κ2) is 9.84. The Kier molecular flexibility index (Phi) is 6.60. The molecule has 1 aromatic heterocycles. The average molecular weight is 524 g/mol. The SMILES string of the molecule is Cn1nc(-c2ccc(C[C@H](NC(=O)c3c(Cl)cccc3Cl)C(=O)O)c3c2OCCC3)c2ccccc21. The van der Waals surface area contributed by atoms with Gasteiger partial charge in [-0.25, -0.2) is 4.79 Å². The summed E-state index contributed by atoms with van der Waals surface area (Å²) in [5.74, 6) is -1.08. The number of benzene rings is 3. The average Bonchev–Trinajstić information content (AvgIpc) is 3.20. The molecule has 7 nitrogen and oxygen atoms in total. The number of para-hydroxylation sites is 1. The molecular formula is C27H23Cl2N3O4. The first kappa shape index (κ1) is 24.2. The summed E-state index contributed by atoms with van der Waals surface area (Å²) in [6, 6.07) is 15.3. The zero-order valence-electron chi connectivity index (χ0n) is 19.4. The fourth-order valence-corrected chi connectivity index (χ4v) is 5.26. The van der Waals surface area contributed by atoms with E-state index in [1.807, 2.05) is 48.1 Å². The van der Waals surface area contributed by atoms with E-state index in [0.717, 1.165) is 46.1 Å². The van der Waals surface area contributed by atoms with Crippen molar-refractivity contribution in [2.75, 3.05) is 6.61 Å². The van der Waals surface area contributed by atoms with Crippen molar-refractivity contribution in [1.82, 2.24) is 15.1 Å². The summed E-state index contributed by atoms with van der Waals surface area (Å²) in [5, 5.41) is 18.5. The highest BCUT2D eigenvalue weighted by Crippen LogP contribution is 2.40. The number of carboxylic acid groups (broad SMARTS) is 1. The third-order valence-electron chi connectivity index (χ3n) is 6.41. The molecule has 0 bridgehead atoms. The van der Waals surface area contributed by atoms with E-state index in [9.17, 15) is 14.7 Å². The van der Waals surface area contributed by atoms with Gasteiger partial charge in [-0.3, -0.25) is 9.48 Å². The van der Waals surface area contributed by atoms with E-state index >= 15 is 0 Å². The van der Waals surface area contributed by atoms with E-state index in [2.05, 4.69) is 5.32 Å². The molecule has 2 N–H and O–H groups in total. The van der Waals surface area contributed by atoms with Gasteiger partial charge in [0.15, 0.2) is 0 Å². The molecule has 36 heavy (non-hydrogen) atoms. The van der Waals surface area contributed by atoms with Gasteiger partial charge in [0, 0.05) is 24.4 Å². The third kappa shape index (κ3) is 4.40. The number of aliphatic carboxylic acids is 1. The minimum absolute atomic E-state index is 0.0508. The molecule has 184 valence electrons. The van der Waals surface area contributed by atoms with Crippen molar-refractivity contribution < 1.29 is 19.4 Å². The van der Waals surface area contributed by atoms with Crippen LogP contribution in [0.5, 0.6) is 5.75 Å². The third-order valence-corrected chi connectivity index (χ3v) is 7.04. The number of carbonyl (C=O) groups is 2. The van der Waals surface area contributed by atoms with Gasteiger partial charge >= 0.3 is 5.97 Å². The van der Waals surface area contributed by atoms with Crippen LogP contribution in [-0.4, -0.2) is 39.4 Å². The van der Waals surface area contributed by atoms with Crippen molar-refractivity contribution in [3.63, 3.8) is 0 Å². The van der Waals surface area contributed by atoms with Crippen molar-refractivity contribution in [2.45, 2.75) is 25.3 Å². The molecular weight excluding hydrogens is 501 g/mol. The van der Waals surface area contributed by atoms with Gasteiger partial charge in [-0.05, 0) is 48.2 Å². The maximum Gasteiger partial charge on any atom is 0.326 e. The predicted octanol–water partition coefficient (Wildman–Crippen LogP) is 5.30. The quantitative estimate of drug-likeness (QED) is 0.357. The smallest absolute Gasteiger partial charge is 0.326 e. The van der Waals surface area contributed by atoms with Crippen LogP contribution in [0.2, 0.25) is 10.0 Å². The number of aryl methyl sites for hydroxylation is 1. The van der Waals surface area contributed by atoms with Gasteiger partial charge < -0.3 is 15.2 Å². The maximum absolute atomic E-state index is 12.9. The van der Waals surface area contributed by atoms with Crippen LogP contribution in [0.4, 0.5) is 0 Å². The summed E-state index contributed by atoms with van der Waals surface area (Å²) in [6.45, 7) is 0.568. The molecule has 0 unspecified atom stereocenters. The molecule has 0 spiro atoms. The summed E-state index contributed by atoms with van der Waals surface area (Å²) in [4.78, 5) is 25.0. The van der Waals surface area contributed by atoms with Gasteiger partial charge in [-0.15, -0.1) is 0 Å². The van der Waals surface area contributed by atoms with E-state index in [4.69, 9.17) is 33.0 Å². The minimum Gasteiger partial charge on any atom is -0.493 e. The van der Waals surface area contributed by atoms with Gasteiger partial charge in [0.05, 0.1) is 27.7 Å². The normalized spacial score (nSPS) is 13.6. The molecule has 1 aliphatic rings. The maximum atomic E-state index is 12.9. The van der Waals surface area contributed by atoms with Crippen LogP contribution >= 0.6 is 23.2 Å². The Hall–Kier alpha value is -3.55. The number of aromatic nitrogens is 2. The Balaban J connectivity index is 1.50. The fourth-order valence-electron chi connectivity index (χ4n) is 4.69. The van der Waals surface area contributed by atoms with Crippen molar-refractivity contribution >= 4 is 46.0 Å². The number of hydrogen-bond donors (Lipinski definition) is 2. The van der Waals surface area contributed by atoms with Crippen molar-refractivity contribution in [3.8, 4) is 17.0 Å². The lowest BCUT2D eigenvalue weighted by atomic mass is 9.91. The fraction of sp³-hybridized carbons (Fsp3) is 0.222. The molecule has 2 heterocycles. The summed E-state index contributed by atoms with van der Waals surface area (Å²) >= 11 is 12.3. The Morgan fingerprint density at radius 1 is 1.11 bits per heavy atom. The standard InChI is InChI=1S/C27H23Cl2N3O4/c1-32-22-10-3-2-6-17(22)24(31-32)18-12-11-15(16-7-5-13-36-25(16)18)14-21(27(34)35)30-26(33)23-19(28)8-4-9-20(23)29/h2-4,6,8-12,21H,5,7,13-14H2,1H3,(H,30,33)(H,34,35)/t21-/m0/s1. The summed E-state index contributed by atoms with van der Waals surface area (Å²) in [6.07, 6.45) is 1.63. The van der Waals surface area contributed by atoms with Crippen molar-refractivity contribution in [1.29, 1.82) is 0 Å². The van der Waals surface area contributed by atoms with Crippen LogP contribution < -0.4 is 10.1 Å². The number of halogens is 2. The zero-order chi connectivity index (χ0) is 25.4. The van der Waals surface area contributed by atoms with Crippen LogP contribution in [-0.2, 0) is 24.7 Å². The topological polar surface area (TPSA) is 93.5 Å². The van der Waals surface area contributed by atoms with Gasteiger partial charge in [0.1, 0.15) is 17.5 Å². The van der Waals surface area contributed by atoms with Crippen molar-refractivity contribution in [3.05, 3.63) is 81.3 Å². The summed E-state index contributed by atoms with van der Waals surface area (Å²) in [5.41, 5.74) is 4.47. The molecule has 9 heteroatoms. The molecule has 0 fully saturated rings. The van der Waals surface area contributed by atoms with E-state index in [0.29, 0.717) is 12.4 Å². The van der Waals surface area contributed by atoms with Crippen LogP contribution in [0, 0.1) is 0 Å². The number of carboxylic acids is 1. The highest BCUT2D eigenvalue weighted by Gasteiger charge is 2.28. The first-order chi connectivity index (χ1) is 17.3. The number of fused-ring (bicyclic) bond motifs is 2. The van der Waals surface area contributed by atoms with Gasteiger partial charge in [0.25, 0.3) is 5.91 Å². The molecule has 0 saturated carbocycles. The Morgan fingerprint density at radius 3 is 2.61 bits per heavy atom. The minimum atomic E-state index is -1.18. The van der Waals surface area contributed by atoms with Crippen LogP contribution in [0.25, 0.3) is 22.2 Å². The lowest BCUT2D eigenvalue weighted by Gasteiger charge is -2.24. The molecule has 1 amide bonds. The molecule has 3 aromatic carbocycles. The van der Waals surface area contributed by atoms with E-state index in [-0.39, 0.29) is 22.0 Å².